The zero-order valence-corrected chi connectivity index (χ0v) is 11.5. The predicted molar refractivity (Wildman–Crippen MR) is 67.7 cm³/mol. The molecule has 1 rings (SSSR count). The fourth-order valence-electron chi connectivity index (χ4n) is 2.05. The predicted octanol–water partition coefficient (Wildman–Crippen LogP) is 1.53. The highest BCUT2D eigenvalue weighted by molar-refractivity contribution is 5.05. The third-order valence-corrected chi connectivity index (χ3v) is 2.84. The molecule has 0 aliphatic heterocycles. The normalized spacial score (nSPS) is 15.2. The molecule has 2 unspecified atom stereocenters. The number of likely N-dealkylation sites (N-methyl/N-ethyl adjacent to an activating group) is 1. The number of hydrogen-bond donors (Lipinski definition) is 1. The van der Waals surface area contributed by atoms with Gasteiger partial charge in [0.05, 0.1) is 24.0 Å². The zero-order valence-electron chi connectivity index (χ0n) is 11.5. The number of ether oxygens (including phenoxy) is 1. The summed E-state index contributed by atoms with van der Waals surface area (Å²) in [5.41, 5.74) is 1.07. The molecule has 1 aromatic rings. The van der Waals surface area contributed by atoms with E-state index in [0.717, 1.165) is 18.8 Å². The van der Waals surface area contributed by atoms with Gasteiger partial charge in [0.25, 0.3) is 0 Å². The van der Waals surface area contributed by atoms with E-state index in [1.165, 1.54) is 0 Å². The van der Waals surface area contributed by atoms with Crippen LogP contribution in [0.2, 0.25) is 0 Å². The Hall–Kier alpha value is -0.940. The Labute approximate surface area is 104 Å². The van der Waals surface area contributed by atoms with Crippen LogP contribution in [0.4, 0.5) is 0 Å². The number of nitrogens with one attached hydrogen (secondary N) is 1. The third-order valence-electron chi connectivity index (χ3n) is 2.84. The van der Waals surface area contributed by atoms with Crippen LogP contribution in [-0.2, 0) is 11.8 Å². The number of aromatic nitrogens is 3. The van der Waals surface area contributed by atoms with Crippen LogP contribution >= 0.6 is 0 Å². The molecule has 0 bridgehead atoms. The topological polar surface area (TPSA) is 52.0 Å². The van der Waals surface area contributed by atoms with Crippen molar-refractivity contribution in [3.63, 3.8) is 0 Å². The van der Waals surface area contributed by atoms with Crippen molar-refractivity contribution >= 4 is 0 Å². The van der Waals surface area contributed by atoms with E-state index in [1.54, 1.807) is 0 Å². The van der Waals surface area contributed by atoms with E-state index in [4.69, 9.17) is 4.74 Å². The van der Waals surface area contributed by atoms with Crippen molar-refractivity contribution in [3.8, 4) is 0 Å². The number of rotatable bonds is 7. The van der Waals surface area contributed by atoms with Crippen LogP contribution in [0.25, 0.3) is 0 Å². The van der Waals surface area contributed by atoms with Gasteiger partial charge < -0.3 is 10.1 Å². The zero-order chi connectivity index (χ0) is 12.8. The summed E-state index contributed by atoms with van der Waals surface area (Å²) >= 11 is 0. The second kappa shape index (κ2) is 6.71. The summed E-state index contributed by atoms with van der Waals surface area (Å²) in [6.07, 6.45) is 1.94. The number of hydrogen-bond acceptors (Lipinski definition) is 4. The molecule has 0 saturated carbocycles. The molecule has 1 heterocycles. The number of aryl methyl sites for hydroxylation is 1. The summed E-state index contributed by atoms with van der Waals surface area (Å²) in [4.78, 5) is 0. The lowest BCUT2D eigenvalue weighted by molar-refractivity contribution is 0.00131. The van der Waals surface area contributed by atoms with Crippen molar-refractivity contribution in [2.24, 2.45) is 13.0 Å². The highest BCUT2D eigenvalue weighted by Gasteiger charge is 2.28. The highest BCUT2D eigenvalue weighted by atomic mass is 16.5. The molecule has 0 spiro atoms. The van der Waals surface area contributed by atoms with E-state index in [1.807, 2.05) is 24.9 Å². The summed E-state index contributed by atoms with van der Waals surface area (Å²) in [5.74, 6) is 0.439. The molecule has 98 valence electrons. The molecule has 0 aromatic carbocycles. The van der Waals surface area contributed by atoms with E-state index >= 15 is 0 Å². The average molecular weight is 240 g/mol. The Bertz CT molecular complexity index is 324. The molecule has 1 aromatic heterocycles. The lowest BCUT2D eigenvalue weighted by atomic mass is 9.97. The van der Waals surface area contributed by atoms with Gasteiger partial charge in [-0.3, -0.25) is 4.68 Å². The van der Waals surface area contributed by atoms with Crippen molar-refractivity contribution < 1.29 is 4.74 Å². The minimum Gasteiger partial charge on any atom is -0.376 e. The molecule has 0 saturated heterocycles. The molecule has 17 heavy (non-hydrogen) atoms. The molecule has 0 aliphatic carbocycles. The first-order chi connectivity index (χ1) is 8.11. The first kappa shape index (κ1) is 14.1. The summed E-state index contributed by atoms with van der Waals surface area (Å²) in [6.45, 7) is 10.1. The van der Waals surface area contributed by atoms with Gasteiger partial charge in [-0.15, -0.1) is 5.10 Å². The Morgan fingerprint density at radius 3 is 2.53 bits per heavy atom. The maximum Gasteiger partial charge on any atom is 0.0808 e. The monoisotopic (exact) mass is 240 g/mol. The Balaban J connectivity index is 2.93. The largest absolute Gasteiger partial charge is 0.376 e. The molecule has 5 nitrogen and oxygen atoms in total. The van der Waals surface area contributed by atoms with E-state index in [9.17, 15) is 0 Å². The van der Waals surface area contributed by atoms with Gasteiger partial charge in [0.1, 0.15) is 0 Å². The second-order valence-corrected chi connectivity index (χ2v) is 4.48. The van der Waals surface area contributed by atoms with Crippen LogP contribution in [0.15, 0.2) is 6.20 Å². The van der Waals surface area contributed by atoms with Crippen LogP contribution in [0.5, 0.6) is 0 Å². The first-order valence-electron chi connectivity index (χ1n) is 6.31. The minimum atomic E-state index is 0.136. The summed E-state index contributed by atoms with van der Waals surface area (Å²) < 4.78 is 7.67. The minimum absolute atomic E-state index is 0.136. The van der Waals surface area contributed by atoms with Gasteiger partial charge in [0.15, 0.2) is 0 Å². The van der Waals surface area contributed by atoms with Gasteiger partial charge in [-0.05, 0) is 19.4 Å². The van der Waals surface area contributed by atoms with Crippen LogP contribution in [0, 0.1) is 5.92 Å². The van der Waals surface area contributed by atoms with Gasteiger partial charge in [0.2, 0.25) is 0 Å². The molecule has 0 radical (unpaired) electrons. The maximum absolute atomic E-state index is 5.87. The summed E-state index contributed by atoms with van der Waals surface area (Å²) in [5, 5.41) is 11.4. The molecule has 1 N–H and O–H groups in total. The van der Waals surface area contributed by atoms with Gasteiger partial charge in [-0.25, -0.2) is 0 Å². The second-order valence-electron chi connectivity index (χ2n) is 4.48. The first-order valence-corrected chi connectivity index (χ1v) is 6.31. The smallest absolute Gasteiger partial charge is 0.0808 e. The Morgan fingerprint density at radius 1 is 1.41 bits per heavy atom. The number of nitrogens with zero attached hydrogens (tertiary/aromatic N) is 3. The third kappa shape index (κ3) is 3.51. The van der Waals surface area contributed by atoms with E-state index in [0.29, 0.717) is 5.92 Å². The lowest BCUT2D eigenvalue weighted by Gasteiger charge is -2.30. The SMILES string of the molecule is CCNC(c1cnnn1C)C(OCC)C(C)C. The standard InChI is InChI=1S/C12H24N4O/c1-6-13-11(10-8-14-15-16(10)5)12(9(3)4)17-7-2/h8-9,11-13H,6-7H2,1-5H3. The van der Waals surface area contributed by atoms with Gasteiger partial charge in [0, 0.05) is 13.7 Å². The molecule has 5 heteroatoms. The van der Waals surface area contributed by atoms with E-state index in [-0.39, 0.29) is 12.1 Å². The Morgan fingerprint density at radius 2 is 2.12 bits per heavy atom. The maximum atomic E-state index is 5.87. The van der Waals surface area contributed by atoms with Gasteiger partial charge in [-0.2, -0.15) is 0 Å². The molecule has 0 aliphatic rings. The van der Waals surface area contributed by atoms with Crippen LogP contribution in [0.1, 0.15) is 39.4 Å². The van der Waals surface area contributed by atoms with Gasteiger partial charge >= 0.3 is 0 Å². The van der Waals surface area contributed by atoms with E-state index in [2.05, 4.69) is 36.4 Å². The summed E-state index contributed by atoms with van der Waals surface area (Å²) in [7, 11) is 1.91. The molecule has 0 amide bonds. The van der Waals surface area contributed by atoms with Gasteiger partial charge in [-0.1, -0.05) is 26.0 Å². The van der Waals surface area contributed by atoms with E-state index < -0.39 is 0 Å². The fourth-order valence-corrected chi connectivity index (χ4v) is 2.05. The van der Waals surface area contributed by atoms with Crippen molar-refractivity contribution in [3.05, 3.63) is 11.9 Å². The lowest BCUT2D eigenvalue weighted by Crippen LogP contribution is -2.38. The van der Waals surface area contributed by atoms with Crippen LogP contribution in [0.3, 0.4) is 0 Å². The van der Waals surface area contributed by atoms with Crippen LogP contribution < -0.4 is 5.32 Å². The molecular weight excluding hydrogens is 216 g/mol. The quantitative estimate of drug-likeness (QED) is 0.785. The van der Waals surface area contributed by atoms with Crippen molar-refractivity contribution in [2.45, 2.75) is 39.8 Å². The highest BCUT2D eigenvalue weighted by Crippen LogP contribution is 2.23. The Kier molecular flexibility index (Phi) is 5.58. The molecular formula is C12H24N4O. The molecule has 2 atom stereocenters. The summed E-state index contributed by atoms with van der Waals surface area (Å²) in [6, 6.07) is 0.139. The van der Waals surface area contributed by atoms with Crippen molar-refractivity contribution in [2.75, 3.05) is 13.2 Å². The molecule has 0 fully saturated rings. The van der Waals surface area contributed by atoms with Crippen LogP contribution in [-0.4, -0.2) is 34.2 Å². The fraction of sp³-hybridized carbons (Fsp3) is 0.833. The average Bonchev–Trinajstić information content (AvgIpc) is 2.69. The van der Waals surface area contributed by atoms with Crippen molar-refractivity contribution in [1.29, 1.82) is 0 Å². The van der Waals surface area contributed by atoms with Crippen molar-refractivity contribution in [1.82, 2.24) is 20.3 Å².